The molecule has 0 unspecified atom stereocenters. The average Bonchev–Trinajstić information content (AvgIpc) is 3.46. The molecule has 13 heteroatoms. The third-order valence-corrected chi connectivity index (χ3v) is 7.08. The number of hydrogen-bond donors (Lipinski definition) is 2. The summed E-state index contributed by atoms with van der Waals surface area (Å²) in [6, 6.07) is 3.19. The number of pyridine rings is 1. The van der Waals surface area contributed by atoms with Crippen LogP contribution in [0, 0.1) is 12.3 Å². The molecule has 39 heavy (non-hydrogen) atoms. The van der Waals surface area contributed by atoms with Gasteiger partial charge in [-0.3, -0.25) is 19.1 Å². The molecule has 0 radical (unpaired) electrons. The van der Waals surface area contributed by atoms with Gasteiger partial charge in [0, 0.05) is 37.9 Å². The van der Waals surface area contributed by atoms with E-state index in [1.54, 1.807) is 72.7 Å². The van der Waals surface area contributed by atoms with Crippen LogP contribution in [0.25, 0.3) is 5.52 Å². The first-order chi connectivity index (χ1) is 18.2. The number of imidazole rings is 1. The molecule has 3 atom stereocenters. The van der Waals surface area contributed by atoms with E-state index in [1.165, 1.54) is 0 Å². The lowest BCUT2D eigenvalue weighted by molar-refractivity contribution is -0.175. The fourth-order valence-electron chi connectivity index (χ4n) is 4.86. The Hall–Kier alpha value is -3.90. The van der Waals surface area contributed by atoms with Crippen LogP contribution < -0.4 is 10.6 Å². The van der Waals surface area contributed by atoms with E-state index in [9.17, 15) is 27.6 Å². The van der Waals surface area contributed by atoms with Crippen LogP contribution >= 0.6 is 0 Å². The molecular formula is C26H32F3N7O3. The van der Waals surface area contributed by atoms with E-state index >= 15 is 0 Å². The van der Waals surface area contributed by atoms with Crippen molar-refractivity contribution in [1.82, 2.24) is 34.7 Å². The van der Waals surface area contributed by atoms with Gasteiger partial charge in [0.25, 0.3) is 5.91 Å². The minimum atomic E-state index is -5.14. The molecular weight excluding hydrogens is 515 g/mol. The van der Waals surface area contributed by atoms with Crippen molar-refractivity contribution in [2.75, 3.05) is 13.1 Å². The van der Waals surface area contributed by atoms with Crippen LogP contribution in [0.4, 0.5) is 13.2 Å². The highest BCUT2D eigenvalue weighted by Crippen LogP contribution is 2.30. The Morgan fingerprint density at radius 3 is 2.51 bits per heavy atom. The van der Waals surface area contributed by atoms with Crippen molar-refractivity contribution in [3.05, 3.63) is 53.9 Å². The Bertz CT molecular complexity index is 1370. The Kier molecular flexibility index (Phi) is 7.46. The highest BCUT2D eigenvalue weighted by Gasteiger charge is 2.45. The van der Waals surface area contributed by atoms with Crippen LogP contribution in [0.15, 0.2) is 36.9 Å². The van der Waals surface area contributed by atoms with Gasteiger partial charge in [-0.25, -0.2) is 4.98 Å². The number of likely N-dealkylation sites (tertiary alicyclic amines) is 1. The SMILES string of the molecule is Cc1cc([C@@H]2CCN(C(=O)c3cccn4cncc34)C[C@H]2NC(=O)[C@@H](NC(=O)C(F)(F)F)C(C)(C)C)nn1C. The molecule has 3 aromatic heterocycles. The molecule has 0 aliphatic carbocycles. The Labute approximate surface area is 223 Å². The first-order valence-corrected chi connectivity index (χ1v) is 12.6. The molecule has 1 aliphatic heterocycles. The molecule has 0 spiro atoms. The molecule has 210 valence electrons. The summed E-state index contributed by atoms with van der Waals surface area (Å²) in [5.74, 6) is -3.52. The van der Waals surface area contributed by atoms with Gasteiger partial charge < -0.3 is 19.9 Å². The Balaban J connectivity index is 1.63. The zero-order valence-corrected chi connectivity index (χ0v) is 22.4. The van der Waals surface area contributed by atoms with Crippen LogP contribution in [-0.4, -0.2) is 73.1 Å². The summed E-state index contributed by atoms with van der Waals surface area (Å²) < 4.78 is 42.5. The van der Waals surface area contributed by atoms with E-state index < -0.39 is 35.5 Å². The number of nitrogens with one attached hydrogen (secondary N) is 2. The second kappa shape index (κ2) is 10.3. The van der Waals surface area contributed by atoms with E-state index in [1.807, 2.05) is 18.3 Å². The predicted octanol–water partition coefficient (Wildman–Crippen LogP) is 2.58. The van der Waals surface area contributed by atoms with E-state index in [4.69, 9.17) is 0 Å². The summed E-state index contributed by atoms with van der Waals surface area (Å²) in [7, 11) is 1.79. The van der Waals surface area contributed by atoms with Crippen LogP contribution in [-0.2, 0) is 16.6 Å². The summed E-state index contributed by atoms with van der Waals surface area (Å²) in [6.07, 6.45) is 0.282. The number of alkyl halides is 3. The molecule has 1 saturated heterocycles. The van der Waals surface area contributed by atoms with Gasteiger partial charge in [0.2, 0.25) is 5.91 Å². The minimum Gasteiger partial charge on any atom is -0.349 e. The lowest BCUT2D eigenvalue weighted by Gasteiger charge is -2.40. The van der Waals surface area contributed by atoms with Gasteiger partial charge in [0.05, 0.1) is 35.3 Å². The predicted molar refractivity (Wildman–Crippen MR) is 136 cm³/mol. The van der Waals surface area contributed by atoms with Crippen molar-refractivity contribution in [3.63, 3.8) is 0 Å². The summed E-state index contributed by atoms with van der Waals surface area (Å²) in [6.45, 7) is 7.07. The number of halogens is 3. The van der Waals surface area contributed by atoms with Gasteiger partial charge in [-0.1, -0.05) is 20.8 Å². The van der Waals surface area contributed by atoms with Crippen molar-refractivity contribution in [2.45, 2.75) is 58.3 Å². The molecule has 1 aliphatic rings. The zero-order chi connectivity index (χ0) is 28.7. The third kappa shape index (κ3) is 5.91. The number of aryl methyl sites for hydroxylation is 2. The number of carbonyl (C=O) groups is 3. The van der Waals surface area contributed by atoms with Crippen LogP contribution in [0.2, 0.25) is 0 Å². The summed E-state index contributed by atoms with van der Waals surface area (Å²) in [4.78, 5) is 44.4. The van der Waals surface area contributed by atoms with Crippen LogP contribution in [0.5, 0.6) is 0 Å². The van der Waals surface area contributed by atoms with Crippen molar-refractivity contribution < 1.29 is 27.6 Å². The number of hydrogen-bond acceptors (Lipinski definition) is 5. The maximum absolute atomic E-state index is 13.6. The molecule has 0 saturated carbocycles. The van der Waals surface area contributed by atoms with E-state index in [0.29, 0.717) is 29.7 Å². The number of carbonyl (C=O) groups excluding carboxylic acids is 3. The summed E-state index contributed by atoms with van der Waals surface area (Å²) in [5, 5.41) is 9.25. The molecule has 3 amide bonds. The lowest BCUT2D eigenvalue weighted by atomic mass is 9.84. The molecule has 0 bridgehead atoms. The van der Waals surface area contributed by atoms with Gasteiger partial charge in [0.15, 0.2) is 0 Å². The number of fused-ring (bicyclic) bond motifs is 1. The van der Waals surface area contributed by atoms with Crippen molar-refractivity contribution in [2.24, 2.45) is 12.5 Å². The molecule has 3 aromatic rings. The molecule has 0 aromatic carbocycles. The number of amides is 3. The quantitative estimate of drug-likeness (QED) is 0.510. The maximum atomic E-state index is 13.6. The lowest BCUT2D eigenvalue weighted by Crippen LogP contribution is -2.60. The number of piperidine rings is 1. The topological polar surface area (TPSA) is 114 Å². The van der Waals surface area contributed by atoms with Crippen LogP contribution in [0.3, 0.4) is 0 Å². The van der Waals surface area contributed by atoms with Gasteiger partial charge >= 0.3 is 12.1 Å². The molecule has 1 fully saturated rings. The van der Waals surface area contributed by atoms with Crippen molar-refractivity contribution in [3.8, 4) is 0 Å². The molecule has 10 nitrogen and oxygen atoms in total. The molecule has 4 heterocycles. The minimum absolute atomic E-state index is 0.101. The Morgan fingerprint density at radius 1 is 1.18 bits per heavy atom. The fraction of sp³-hybridized carbons (Fsp3) is 0.500. The summed E-state index contributed by atoms with van der Waals surface area (Å²) >= 11 is 0. The normalized spacial score (nSPS) is 19.1. The Morgan fingerprint density at radius 2 is 1.90 bits per heavy atom. The van der Waals surface area contributed by atoms with E-state index in [-0.39, 0.29) is 18.4 Å². The molecule has 4 rings (SSSR count). The van der Waals surface area contributed by atoms with Gasteiger partial charge in [-0.2, -0.15) is 18.3 Å². The fourth-order valence-corrected chi connectivity index (χ4v) is 4.86. The van der Waals surface area contributed by atoms with Gasteiger partial charge in [-0.05, 0) is 37.0 Å². The molecule has 2 N–H and O–H groups in total. The highest BCUT2D eigenvalue weighted by molar-refractivity contribution is 6.00. The summed E-state index contributed by atoms with van der Waals surface area (Å²) in [5.41, 5.74) is 1.65. The van der Waals surface area contributed by atoms with Crippen LogP contribution in [0.1, 0.15) is 54.9 Å². The van der Waals surface area contributed by atoms with Gasteiger partial charge in [-0.15, -0.1) is 0 Å². The number of nitrogens with zero attached hydrogens (tertiary/aromatic N) is 5. The van der Waals surface area contributed by atoms with E-state index in [2.05, 4.69) is 15.4 Å². The highest BCUT2D eigenvalue weighted by atomic mass is 19.4. The van der Waals surface area contributed by atoms with Gasteiger partial charge in [0.1, 0.15) is 6.04 Å². The van der Waals surface area contributed by atoms with Crippen molar-refractivity contribution >= 4 is 23.2 Å². The zero-order valence-electron chi connectivity index (χ0n) is 22.4. The standard InChI is InChI=1S/C26H32F3N7O3/c1-15-11-18(33-34(15)5)16-8-10-35(23(38)17-7-6-9-36-14-30-12-20(17)36)13-19(16)31-22(37)21(25(2,3)4)32-24(39)26(27,28)29/h6-7,9,11-12,14,16,19,21H,8,10,13H2,1-5H3,(H,31,37)(H,32,39)/t16-,19+,21+/m0/s1. The van der Waals surface area contributed by atoms with Crippen molar-refractivity contribution in [1.29, 1.82) is 0 Å². The smallest absolute Gasteiger partial charge is 0.349 e. The first-order valence-electron chi connectivity index (χ1n) is 12.6. The monoisotopic (exact) mass is 547 g/mol. The third-order valence-electron chi connectivity index (χ3n) is 7.08. The largest absolute Gasteiger partial charge is 0.471 e. The number of rotatable bonds is 5. The first kappa shape index (κ1) is 28.1. The van der Waals surface area contributed by atoms with E-state index in [0.717, 1.165) is 5.69 Å². The second-order valence-corrected chi connectivity index (χ2v) is 11.0. The second-order valence-electron chi connectivity index (χ2n) is 11.0. The maximum Gasteiger partial charge on any atom is 0.471 e. The average molecular weight is 548 g/mol. The number of aromatic nitrogens is 4.